The van der Waals surface area contributed by atoms with Gasteiger partial charge in [-0.3, -0.25) is 4.79 Å². The summed E-state index contributed by atoms with van der Waals surface area (Å²) in [7, 11) is 0.786. The Morgan fingerprint density at radius 1 is 0.930 bits per heavy atom. The van der Waals surface area contributed by atoms with E-state index in [2.05, 4.69) is 24.3 Å². The fourth-order valence-electron chi connectivity index (χ4n) is 6.04. The molecule has 2 aromatic rings. The second-order valence-corrected chi connectivity index (χ2v) is 12.1. The van der Waals surface area contributed by atoms with Crippen LogP contribution in [0.4, 0.5) is 13.2 Å². The van der Waals surface area contributed by atoms with E-state index in [0.717, 1.165) is 57.8 Å². The number of benzene rings is 2. The average molecular weight is 607 g/mol. The minimum absolute atomic E-state index is 0.0948. The normalized spacial score (nSPS) is 21.6. The largest absolute Gasteiger partial charge is 0.455 e. The summed E-state index contributed by atoms with van der Waals surface area (Å²) in [4.78, 5) is 25.5. The maximum absolute atomic E-state index is 14.3. The lowest BCUT2D eigenvalue weighted by Crippen LogP contribution is -2.54. The first-order chi connectivity index (χ1) is 20.3. The number of aliphatic hydroxyl groups is 1. The highest BCUT2D eigenvalue weighted by Crippen LogP contribution is 2.45. The van der Waals surface area contributed by atoms with Crippen LogP contribution in [0.2, 0.25) is 0 Å². The number of carbonyl (C=O) groups is 2. The molecule has 0 amide bonds. The number of cyclic esters (lactones) is 1. The van der Waals surface area contributed by atoms with E-state index in [-0.39, 0.29) is 6.42 Å². The highest BCUT2D eigenvalue weighted by Gasteiger charge is 2.65. The summed E-state index contributed by atoms with van der Waals surface area (Å²) in [6.45, 7) is 3.09. The molecule has 0 aromatic heterocycles. The molecular weight excluding hydrogens is 561 g/mol. The molecule has 0 spiro atoms. The standard InChI is InChI=1S/C34H45F3O6/c1-31(40,23-17-9-7-5-4-6-8-12-18-26-19-13-10-14-20-26)25-32(2)28(24-29(38)43-32)42-30(39)33(41-3,34(35,36)37)27-21-15-11-16-22-27/h10-11,13-16,19-22,28,40H,4-9,12,17-18,23-25H2,1-3H3/t28-,31+,32-,33-/m1/s1. The van der Waals surface area contributed by atoms with Crippen molar-refractivity contribution in [3.8, 4) is 0 Å². The first-order valence-corrected chi connectivity index (χ1v) is 15.2. The predicted molar refractivity (Wildman–Crippen MR) is 157 cm³/mol. The van der Waals surface area contributed by atoms with E-state index in [1.54, 1.807) is 6.92 Å². The van der Waals surface area contributed by atoms with Crippen LogP contribution < -0.4 is 0 Å². The Bertz CT molecular complexity index is 1150. The number of ether oxygens (including phenoxy) is 3. The number of rotatable bonds is 17. The summed E-state index contributed by atoms with van der Waals surface area (Å²) in [5.74, 6) is -2.41. The Kier molecular flexibility index (Phi) is 12.2. The molecule has 43 heavy (non-hydrogen) atoms. The number of halogens is 3. The molecule has 4 atom stereocenters. The van der Waals surface area contributed by atoms with Crippen molar-refractivity contribution in [3.63, 3.8) is 0 Å². The van der Waals surface area contributed by atoms with Crippen molar-refractivity contribution in [1.29, 1.82) is 0 Å². The van der Waals surface area contributed by atoms with Crippen LogP contribution in [0.1, 0.15) is 95.6 Å². The molecule has 3 rings (SSSR count). The Morgan fingerprint density at radius 3 is 2.02 bits per heavy atom. The molecule has 0 aliphatic carbocycles. The van der Waals surface area contributed by atoms with Crippen molar-refractivity contribution in [3.05, 3.63) is 71.8 Å². The van der Waals surface area contributed by atoms with Gasteiger partial charge in [0.25, 0.3) is 5.60 Å². The van der Waals surface area contributed by atoms with Crippen LogP contribution in [0.15, 0.2) is 60.7 Å². The van der Waals surface area contributed by atoms with Crippen LogP contribution in [-0.2, 0) is 35.8 Å². The summed E-state index contributed by atoms with van der Waals surface area (Å²) in [5.41, 5.74) is -5.25. The summed E-state index contributed by atoms with van der Waals surface area (Å²) in [6, 6.07) is 17.0. The van der Waals surface area contributed by atoms with Gasteiger partial charge in [-0.25, -0.2) is 4.79 Å². The molecule has 6 nitrogen and oxygen atoms in total. The van der Waals surface area contributed by atoms with Gasteiger partial charge in [0.1, 0.15) is 5.60 Å². The zero-order valence-corrected chi connectivity index (χ0v) is 25.5. The Labute approximate surface area is 252 Å². The molecule has 1 heterocycles. The Morgan fingerprint density at radius 2 is 1.47 bits per heavy atom. The number of hydrogen-bond acceptors (Lipinski definition) is 6. The van der Waals surface area contributed by atoms with Crippen LogP contribution in [0.5, 0.6) is 0 Å². The van der Waals surface area contributed by atoms with Crippen molar-refractivity contribution >= 4 is 11.9 Å². The number of aryl methyl sites for hydroxylation is 1. The predicted octanol–water partition coefficient (Wildman–Crippen LogP) is 7.60. The third kappa shape index (κ3) is 9.29. The van der Waals surface area contributed by atoms with E-state index in [1.807, 2.05) is 6.07 Å². The van der Waals surface area contributed by atoms with Gasteiger partial charge in [0.2, 0.25) is 0 Å². The quantitative estimate of drug-likeness (QED) is 0.148. The minimum atomic E-state index is -5.15. The van der Waals surface area contributed by atoms with Gasteiger partial charge < -0.3 is 19.3 Å². The van der Waals surface area contributed by atoms with Crippen molar-refractivity contribution < 1.29 is 42.1 Å². The van der Waals surface area contributed by atoms with Crippen molar-refractivity contribution in [2.45, 2.75) is 120 Å². The van der Waals surface area contributed by atoms with Gasteiger partial charge in [0.05, 0.1) is 12.0 Å². The smallest absolute Gasteiger partial charge is 0.432 e. The molecule has 1 saturated heterocycles. The van der Waals surface area contributed by atoms with Crippen LogP contribution >= 0.6 is 0 Å². The summed E-state index contributed by atoms with van der Waals surface area (Å²) < 4.78 is 58.6. The van der Waals surface area contributed by atoms with Crippen LogP contribution in [0, 0.1) is 0 Å². The number of carbonyl (C=O) groups excluding carboxylic acids is 2. The molecule has 2 aromatic carbocycles. The molecule has 1 N–H and O–H groups in total. The number of unbranched alkanes of at least 4 members (excludes halogenated alkanes) is 7. The molecule has 1 fully saturated rings. The van der Waals surface area contributed by atoms with E-state index in [9.17, 15) is 27.9 Å². The lowest BCUT2D eigenvalue weighted by atomic mass is 9.82. The SMILES string of the molecule is CO[C@@](C(=O)O[C@@H]1CC(=O)O[C@]1(C)C[C@@](C)(O)CCCCCCCCCCc1ccccc1)(c1ccccc1)C(F)(F)F. The molecule has 1 aliphatic heterocycles. The zero-order valence-electron chi connectivity index (χ0n) is 25.5. The molecule has 0 saturated carbocycles. The third-order valence-corrected chi connectivity index (χ3v) is 8.31. The minimum Gasteiger partial charge on any atom is -0.455 e. The van der Waals surface area contributed by atoms with Gasteiger partial charge in [0.15, 0.2) is 6.10 Å². The maximum atomic E-state index is 14.3. The van der Waals surface area contributed by atoms with Gasteiger partial charge in [-0.2, -0.15) is 13.2 Å². The monoisotopic (exact) mass is 606 g/mol. The molecule has 0 bridgehead atoms. The molecular formula is C34H45F3O6. The van der Waals surface area contributed by atoms with Crippen LogP contribution in [0.25, 0.3) is 0 Å². The first-order valence-electron chi connectivity index (χ1n) is 15.2. The second-order valence-electron chi connectivity index (χ2n) is 12.1. The molecule has 9 heteroatoms. The third-order valence-electron chi connectivity index (χ3n) is 8.31. The fraction of sp³-hybridized carbons (Fsp3) is 0.588. The Hall–Kier alpha value is -2.91. The van der Waals surface area contributed by atoms with Gasteiger partial charge in [-0.15, -0.1) is 0 Å². The van der Waals surface area contributed by atoms with E-state index in [4.69, 9.17) is 14.2 Å². The van der Waals surface area contributed by atoms with Gasteiger partial charge >= 0.3 is 18.1 Å². The summed E-state index contributed by atoms with van der Waals surface area (Å²) >= 11 is 0. The first kappa shape index (κ1) is 34.6. The van der Waals surface area contributed by atoms with Crippen molar-refractivity contribution in [2.24, 2.45) is 0 Å². The maximum Gasteiger partial charge on any atom is 0.432 e. The summed E-state index contributed by atoms with van der Waals surface area (Å²) in [6.07, 6.45) is 3.08. The van der Waals surface area contributed by atoms with Crippen LogP contribution in [-0.4, -0.2) is 47.6 Å². The number of alkyl halides is 3. The van der Waals surface area contributed by atoms with E-state index >= 15 is 0 Å². The highest BCUT2D eigenvalue weighted by molar-refractivity contribution is 5.84. The zero-order chi connectivity index (χ0) is 31.6. The topological polar surface area (TPSA) is 82.1 Å². The summed E-state index contributed by atoms with van der Waals surface area (Å²) in [5, 5.41) is 11.1. The van der Waals surface area contributed by atoms with Gasteiger partial charge in [-0.05, 0) is 38.7 Å². The molecule has 238 valence electrons. The number of esters is 2. The molecule has 1 aliphatic rings. The average Bonchev–Trinajstić information content (AvgIpc) is 3.21. The Balaban J connectivity index is 1.48. The second kappa shape index (κ2) is 15.2. The molecule has 0 unspecified atom stereocenters. The number of hydrogen-bond donors (Lipinski definition) is 1. The number of methoxy groups -OCH3 is 1. The lowest BCUT2D eigenvalue weighted by molar-refractivity contribution is -0.280. The van der Waals surface area contributed by atoms with E-state index in [0.29, 0.717) is 6.42 Å². The molecule has 0 radical (unpaired) electrons. The highest BCUT2D eigenvalue weighted by atomic mass is 19.4. The van der Waals surface area contributed by atoms with Crippen molar-refractivity contribution in [1.82, 2.24) is 0 Å². The van der Waals surface area contributed by atoms with Crippen molar-refractivity contribution in [2.75, 3.05) is 7.11 Å². The van der Waals surface area contributed by atoms with E-state index in [1.165, 1.54) is 49.9 Å². The fourth-order valence-corrected chi connectivity index (χ4v) is 6.04. The van der Waals surface area contributed by atoms with Gasteiger partial charge in [-0.1, -0.05) is 106 Å². The van der Waals surface area contributed by atoms with Crippen LogP contribution in [0.3, 0.4) is 0 Å². The van der Waals surface area contributed by atoms with E-state index < -0.39 is 53.0 Å². The lowest BCUT2D eigenvalue weighted by Gasteiger charge is -2.38. The van der Waals surface area contributed by atoms with Gasteiger partial charge in [0, 0.05) is 19.1 Å².